The fourth-order valence-corrected chi connectivity index (χ4v) is 3.16. The molecule has 2 rings (SSSR count). The van der Waals surface area contributed by atoms with Gasteiger partial charge in [-0.1, -0.05) is 6.92 Å². The molecule has 0 saturated carbocycles. The van der Waals surface area contributed by atoms with Gasteiger partial charge in [-0.05, 0) is 43.0 Å². The van der Waals surface area contributed by atoms with E-state index in [-0.39, 0.29) is 12.1 Å². The highest BCUT2D eigenvalue weighted by Gasteiger charge is 2.26. The second-order valence-corrected chi connectivity index (χ2v) is 6.04. The Labute approximate surface area is 143 Å². The number of nitrogens with one attached hydrogen (secondary N) is 2. The van der Waals surface area contributed by atoms with Gasteiger partial charge in [-0.15, -0.1) is 0 Å². The summed E-state index contributed by atoms with van der Waals surface area (Å²) in [5.41, 5.74) is 3.87. The molecular formula is C18H27N3O3. The highest BCUT2D eigenvalue weighted by molar-refractivity contribution is 5.90. The summed E-state index contributed by atoms with van der Waals surface area (Å²) >= 11 is 0. The number of rotatable bonds is 6. The van der Waals surface area contributed by atoms with Gasteiger partial charge in [0.15, 0.2) is 0 Å². The second kappa shape index (κ2) is 8.68. The van der Waals surface area contributed by atoms with Crippen molar-refractivity contribution in [3.05, 3.63) is 23.3 Å². The van der Waals surface area contributed by atoms with Crippen LogP contribution in [0.3, 0.4) is 0 Å². The maximum absolute atomic E-state index is 12.6. The monoisotopic (exact) mass is 333 g/mol. The SMILES string of the molecule is CCC1COCCN1C(=O)Nc1cc(C)c(NC)c(CCC=O)c1. The summed E-state index contributed by atoms with van der Waals surface area (Å²) in [5, 5.41) is 6.18. The van der Waals surface area contributed by atoms with Gasteiger partial charge in [-0.25, -0.2) is 4.79 Å². The molecular weight excluding hydrogens is 306 g/mol. The minimum absolute atomic E-state index is 0.0944. The van der Waals surface area contributed by atoms with Crippen LogP contribution >= 0.6 is 0 Å². The summed E-state index contributed by atoms with van der Waals surface area (Å²) < 4.78 is 5.45. The highest BCUT2D eigenvalue weighted by Crippen LogP contribution is 2.27. The van der Waals surface area contributed by atoms with Crippen molar-refractivity contribution < 1.29 is 14.3 Å². The molecule has 0 aliphatic carbocycles. The topological polar surface area (TPSA) is 70.7 Å². The van der Waals surface area contributed by atoms with Crippen molar-refractivity contribution in [3.63, 3.8) is 0 Å². The Morgan fingerprint density at radius 3 is 2.92 bits per heavy atom. The molecule has 1 fully saturated rings. The van der Waals surface area contributed by atoms with Gasteiger partial charge in [-0.2, -0.15) is 0 Å². The number of aldehydes is 1. The van der Waals surface area contributed by atoms with Crippen LogP contribution in [0.5, 0.6) is 0 Å². The van der Waals surface area contributed by atoms with Gasteiger partial charge in [0.25, 0.3) is 0 Å². The zero-order chi connectivity index (χ0) is 17.5. The molecule has 6 nitrogen and oxygen atoms in total. The predicted molar refractivity (Wildman–Crippen MR) is 95.7 cm³/mol. The Hall–Kier alpha value is -2.08. The van der Waals surface area contributed by atoms with Crippen molar-refractivity contribution in [2.24, 2.45) is 0 Å². The minimum atomic E-state index is -0.0944. The van der Waals surface area contributed by atoms with Crippen LogP contribution in [0.15, 0.2) is 12.1 Å². The van der Waals surface area contributed by atoms with E-state index < -0.39 is 0 Å². The first-order chi connectivity index (χ1) is 11.6. The molecule has 1 unspecified atom stereocenters. The lowest BCUT2D eigenvalue weighted by Gasteiger charge is -2.35. The Balaban J connectivity index is 2.17. The van der Waals surface area contributed by atoms with Crippen molar-refractivity contribution in [1.82, 2.24) is 4.90 Å². The van der Waals surface area contributed by atoms with E-state index in [1.807, 2.05) is 31.0 Å². The van der Waals surface area contributed by atoms with Crippen LogP contribution in [-0.2, 0) is 16.0 Å². The van der Waals surface area contributed by atoms with E-state index >= 15 is 0 Å². The van der Waals surface area contributed by atoms with Crippen LogP contribution < -0.4 is 10.6 Å². The molecule has 2 N–H and O–H groups in total. The first kappa shape index (κ1) is 18.3. The van der Waals surface area contributed by atoms with Gasteiger partial charge >= 0.3 is 6.03 Å². The number of ether oxygens (including phenoxy) is 1. The average molecular weight is 333 g/mol. The van der Waals surface area contributed by atoms with Crippen LogP contribution in [0.2, 0.25) is 0 Å². The normalized spacial score (nSPS) is 17.5. The summed E-state index contributed by atoms with van der Waals surface area (Å²) in [4.78, 5) is 25.2. The molecule has 6 heteroatoms. The molecule has 1 aliphatic rings. The number of morpholine rings is 1. The fourth-order valence-electron chi connectivity index (χ4n) is 3.16. The number of anilines is 2. The van der Waals surface area contributed by atoms with Crippen LogP contribution in [-0.4, -0.2) is 50.1 Å². The maximum atomic E-state index is 12.6. The standard InChI is InChI=1S/C18H27N3O3/c1-4-16-12-24-9-7-21(16)18(23)20-15-10-13(2)17(19-3)14(11-15)6-5-8-22/h8,10-11,16,19H,4-7,9,12H2,1-3H3,(H,20,23). The quantitative estimate of drug-likeness (QED) is 0.785. The summed E-state index contributed by atoms with van der Waals surface area (Å²) in [6.07, 6.45) is 2.90. The van der Waals surface area contributed by atoms with E-state index in [0.29, 0.717) is 32.6 Å². The van der Waals surface area contributed by atoms with Gasteiger partial charge < -0.3 is 25.1 Å². The second-order valence-electron chi connectivity index (χ2n) is 6.04. The van der Waals surface area contributed by atoms with Gasteiger partial charge in [0.2, 0.25) is 0 Å². The Bertz CT molecular complexity index is 589. The molecule has 2 amide bonds. The molecule has 24 heavy (non-hydrogen) atoms. The highest BCUT2D eigenvalue weighted by atomic mass is 16.5. The number of hydrogen-bond donors (Lipinski definition) is 2. The largest absolute Gasteiger partial charge is 0.388 e. The molecule has 1 saturated heterocycles. The number of hydrogen-bond acceptors (Lipinski definition) is 4. The number of amides is 2. The Kier molecular flexibility index (Phi) is 6.61. The predicted octanol–water partition coefficient (Wildman–Crippen LogP) is 2.81. The van der Waals surface area contributed by atoms with Gasteiger partial charge in [0, 0.05) is 31.4 Å². The third kappa shape index (κ3) is 4.26. The average Bonchev–Trinajstić information content (AvgIpc) is 2.59. The molecule has 1 aromatic rings. The minimum Gasteiger partial charge on any atom is -0.388 e. The van der Waals surface area contributed by atoms with Gasteiger partial charge in [0.05, 0.1) is 19.3 Å². The van der Waals surface area contributed by atoms with E-state index in [0.717, 1.165) is 35.2 Å². The number of urea groups is 1. The number of aryl methyl sites for hydroxylation is 2. The Morgan fingerprint density at radius 2 is 2.25 bits per heavy atom. The first-order valence-corrected chi connectivity index (χ1v) is 8.51. The van der Waals surface area contributed by atoms with E-state index in [4.69, 9.17) is 4.74 Å². The fraction of sp³-hybridized carbons (Fsp3) is 0.556. The van der Waals surface area contributed by atoms with Crippen LogP contribution in [0.1, 0.15) is 30.9 Å². The van der Waals surface area contributed by atoms with Crippen LogP contribution in [0, 0.1) is 6.92 Å². The molecule has 0 spiro atoms. The van der Waals surface area contributed by atoms with E-state index in [9.17, 15) is 9.59 Å². The molecule has 0 radical (unpaired) electrons. The molecule has 1 atom stereocenters. The molecule has 1 heterocycles. The van der Waals surface area contributed by atoms with Crippen LogP contribution in [0.25, 0.3) is 0 Å². The van der Waals surface area contributed by atoms with E-state index in [2.05, 4.69) is 17.6 Å². The van der Waals surface area contributed by atoms with Crippen molar-refractivity contribution in [1.29, 1.82) is 0 Å². The lowest BCUT2D eigenvalue weighted by molar-refractivity contribution is -0.107. The smallest absolute Gasteiger partial charge is 0.322 e. The molecule has 1 aromatic carbocycles. The molecule has 1 aliphatic heterocycles. The third-order valence-corrected chi connectivity index (χ3v) is 4.41. The van der Waals surface area contributed by atoms with Crippen molar-refractivity contribution in [3.8, 4) is 0 Å². The number of carbonyl (C=O) groups is 2. The molecule has 0 bridgehead atoms. The number of benzene rings is 1. The first-order valence-electron chi connectivity index (χ1n) is 8.51. The zero-order valence-electron chi connectivity index (χ0n) is 14.7. The van der Waals surface area contributed by atoms with Crippen molar-refractivity contribution in [2.75, 3.05) is 37.4 Å². The summed E-state index contributed by atoms with van der Waals surface area (Å²) in [6.45, 7) is 5.83. The van der Waals surface area contributed by atoms with E-state index in [1.165, 1.54) is 0 Å². The van der Waals surface area contributed by atoms with Gasteiger partial charge in [0.1, 0.15) is 6.29 Å². The summed E-state index contributed by atoms with van der Waals surface area (Å²) in [5.74, 6) is 0. The zero-order valence-corrected chi connectivity index (χ0v) is 14.7. The number of carbonyl (C=O) groups excluding carboxylic acids is 2. The lowest BCUT2D eigenvalue weighted by atomic mass is 10.0. The summed E-state index contributed by atoms with van der Waals surface area (Å²) in [6, 6.07) is 3.92. The third-order valence-electron chi connectivity index (χ3n) is 4.41. The lowest BCUT2D eigenvalue weighted by Crippen LogP contribution is -2.50. The summed E-state index contributed by atoms with van der Waals surface area (Å²) in [7, 11) is 1.87. The van der Waals surface area contributed by atoms with Crippen LogP contribution in [0.4, 0.5) is 16.2 Å². The van der Waals surface area contributed by atoms with Crippen molar-refractivity contribution in [2.45, 2.75) is 39.2 Å². The molecule has 132 valence electrons. The van der Waals surface area contributed by atoms with Crippen molar-refractivity contribution >= 4 is 23.7 Å². The number of nitrogens with zero attached hydrogens (tertiary/aromatic N) is 1. The van der Waals surface area contributed by atoms with E-state index in [1.54, 1.807) is 0 Å². The maximum Gasteiger partial charge on any atom is 0.322 e. The molecule has 0 aromatic heterocycles. The van der Waals surface area contributed by atoms with Gasteiger partial charge in [-0.3, -0.25) is 0 Å². The Morgan fingerprint density at radius 1 is 1.46 bits per heavy atom.